The second-order valence-corrected chi connectivity index (χ2v) is 5.76. The zero-order chi connectivity index (χ0) is 15.8. The summed E-state index contributed by atoms with van der Waals surface area (Å²) in [4.78, 5) is 4.74. The number of aryl methyl sites for hydroxylation is 1. The van der Waals surface area contributed by atoms with Crippen molar-refractivity contribution in [3.8, 4) is 17.2 Å². The standard InChI is InChI=1S/C19H18N2O2/c1-22-12-4-2-5-13(10-12)23-14-8-9-18-16(11-14)19(20)15-6-3-7-17(15)21-18/h2,4-5,8-11H,3,6-7H2,1H3,(H2,20,21). The first-order valence-electron chi connectivity index (χ1n) is 7.77. The van der Waals surface area contributed by atoms with Crippen LogP contribution in [-0.4, -0.2) is 12.1 Å². The van der Waals surface area contributed by atoms with Crippen LogP contribution in [0, 0.1) is 0 Å². The van der Waals surface area contributed by atoms with Gasteiger partial charge in [-0.3, -0.25) is 4.98 Å². The van der Waals surface area contributed by atoms with Gasteiger partial charge in [-0.25, -0.2) is 0 Å². The average molecular weight is 306 g/mol. The van der Waals surface area contributed by atoms with Gasteiger partial charge in [0.2, 0.25) is 0 Å². The van der Waals surface area contributed by atoms with E-state index in [1.165, 1.54) is 5.56 Å². The van der Waals surface area contributed by atoms with Crippen molar-refractivity contribution >= 4 is 16.6 Å². The Morgan fingerprint density at radius 2 is 1.83 bits per heavy atom. The van der Waals surface area contributed by atoms with Crippen LogP contribution in [0.3, 0.4) is 0 Å². The Morgan fingerprint density at radius 3 is 2.70 bits per heavy atom. The highest BCUT2D eigenvalue weighted by Crippen LogP contribution is 2.34. The summed E-state index contributed by atoms with van der Waals surface area (Å²) in [5.41, 5.74) is 10.5. The molecule has 1 aliphatic rings. The Balaban J connectivity index is 1.74. The van der Waals surface area contributed by atoms with Gasteiger partial charge in [-0.05, 0) is 55.2 Å². The van der Waals surface area contributed by atoms with Crippen LogP contribution >= 0.6 is 0 Å². The lowest BCUT2D eigenvalue weighted by molar-refractivity contribution is 0.409. The first-order chi connectivity index (χ1) is 11.2. The number of methoxy groups -OCH3 is 1. The fourth-order valence-electron chi connectivity index (χ4n) is 3.14. The minimum atomic E-state index is 0.733. The molecule has 0 aliphatic heterocycles. The summed E-state index contributed by atoms with van der Waals surface area (Å²) in [6.07, 6.45) is 3.18. The molecule has 3 aromatic rings. The summed E-state index contributed by atoms with van der Waals surface area (Å²) in [5.74, 6) is 2.25. The molecule has 0 amide bonds. The van der Waals surface area contributed by atoms with E-state index in [9.17, 15) is 0 Å². The fourth-order valence-corrected chi connectivity index (χ4v) is 3.14. The third kappa shape index (κ3) is 2.46. The zero-order valence-corrected chi connectivity index (χ0v) is 13.0. The molecule has 116 valence electrons. The maximum absolute atomic E-state index is 6.36. The second kappa shape index (κ2) is 5.47. The summed E-state index contributed by atoms with van der Waals surface area (Å²) < 4.78 is 11.2. The minimum absolute atomic E-state index is 0.733. The third-order valence-electron chi connectivity index (χ3n) is 4.30. The monoisotopic (exact) mass is 306 g/mol. The van der Waals surface area contributed by atoms with Crippen LogP contribution in [0.5, 0.6) is 17.2 Å². The van der Waals surface area contributed by atoms with Gasteiger partial charge >= 0.3 is 0 Å². The lowest BCUT2D eigenvalue weighted by Crippen LogP contribution is -1.98. The summed E-state index contributed by atoms with van der Waals surface area (Å²) in [7, 11) is 1.64. The van der Waals surface area contributed by atoms with Crippen molar-refractivity contribution in [2.24, 2.45) is 0 Å². The van der Waals surface area contributed by atoms with Gasteiger partial charge in [0.25, 0.3) is 0 Å². The number of rotatable bonds is 3. The topological polar surface area (TPSA) is 57.4 Å². The number of pyridine rings is 1. The third-order valence-corrected chi connectivity index (χ3v) is 4.30. The molecule has 0 saturated heterocycles. The van der Waals surface area contributed by atoms with Gasteiger partial charge in [0.15, 0.2) is 0 Å². The van der Waals surface area contributed by atoms with Crippen molar-refractivity contribution in [1.82, 2.24) is 4.98 Å². The number of hydrogen-bond acceptors (Lipinski definition) is 4. The van der Waals surface area contributed by atoms with Crippen molar-refractivity contribution in [3.05, 3.63) is 53.7 Å². The number of ether oxygens (including phenoxy) is 2. The molecule has 1 aliphatic carbocycles. The van der Waals surface area contributed by atoms with E-state index in [-0.39, 0.29) is 0 Å². The molecule has 23 heavy (non-hydrogen) atoms. The first kappa shape index (κ1) is 13.9. The molecule has 4 rings (SSSR count). The van der Waals surface area contributed by atoms with Gasteiger partial charge in [0.1, 0.15) is 17.2 Å². The maximum atomic E-state index is 6.36. The largest absolute Gasteiger partial charge is 0.497 e. The van der Waals surface area contributed by atoms with Crippen LogP contribution in [0.25, 0.3) is 10.9 Å². The van der Waals surface area contributed by atoms with Crippen LogP contribution in [0.1, 0.15) is 17.7 Å². The Bertz CT molecular complexity index is 890. The van der Waals surface area contributed by atoms with Crippen molar-refractivity contribution in [2.75, 3.05) is 12.8 Å². The molecular weight excluding hydrogens is 288 g/mol. The van der Waals surface area contributed by atoms with Gasteiger partial charge in [0.05, 0.1) is 12.6 Å². The molecule has 4 nitrogen and oxygen atoms in total. The second-order valence-electron chi connectivity index (χ2n) is 5.76. The molecule has 0 unspecified atom stereocenters. The highest BCUT2D eigenvalue weighted by Gasteiger charge is 2.18. The van der Waals surface area contributed by atoms with Crippen LogP contribution in [-0.2, 0) is 12.8 Å². The number of nitrogens with two attached hydrogens (primary N) is 1. The van der Waals surface area contributed by atoms with Crippen molar-refractivity contribution in [3.63, 3.8) is 0 Å². The number of nitrogens with zero attached hydrogens (tertiary/aromatic N) is 1. The van der Waals surface area contributed by atoms with E-state index in [4.69, 9.17) is 20.2 Å². The Labute approximate surface area is 134 Å². The van der Waals surface area contributed by atoms with Gasteiger partial charge in [-0.2, -0.15) is 0 Å². The molecule has 0 bridgehead atoms. The molecule has 0 atom stereocenters. The summed E-state index contributed by atoms with van der Waals surface area (Å²) in [6, 6.07) is 13.4. The molecule has 1 heterocycles. The highest BCUT2D eigenvalue weighted by atomic mass is 16.5. The van der Waals surface area contributed by atoms with Crippen molar-refractivity contribution in [2.45, 2.75) is 19.3 Å². The predicted molar refractivity (Wildman–Crippen MR) is 91.2 cm³/mol. The molecule has 0 radical (unpaired) electrons. The van der Waals surface area contributed by atoms with Gasteiger partial charge in [-0.1, -0.05) is 6.07 Å². The van der Waals surface area contributed by atoms with Crippen LogP contribution < -0.4 is 15.2 Å². The molecule has 0 saturated carbocycles. The molecule has 2 N–H and O–H groups in total. The highest BCUT2D eigenvalue weighted by molar-refractivity contribution is 5.93. The van der Waals surface area contributed by atoms with Gasteiger partial charge in [-0.15, -0.1) is 0 Å². The van der Waals surface area contributed by atoms with Crippen molar-refractivity contribution in [1.29, 1.82) is 0 Å². The Kier molecular flexibility index (Phi) is 3.30. The SMILES string of the molecule is COc1cccc(Oc2ccc3nc4c(c(N)c3c2)CCC4)c1. The number of nitrogen functional groups attached to an aromatic ring is 1. The van der Waals surface area contributed by atoms with E-state index in [1.54, 1.807) is 7.11 Å². The Hall–Kier alpha value is -2.75. The van der Waals surface area contributed by atoms with E-state index in [0.717, 1.165) is 58.8 Å². The van der Waals surface area contributed by atoms with E-state index in [0.29, 0.717) is 0 Å². The summed E-state index contributed by atoms with van der Waals surface area (Å²) in [5, 5.41) is 0.964. The number of hydrogen-bond donors (Lipinski definition) is 1. The molecular formula is C19H18N2O2. The quantitative estimate of drug-likeness (QED) is 0.791. The smallest absolute Gasteiger partial charge is 0.131 e. The number of benzene rings is 2. The predicted octanol–water partition coefficient (Wildman–Crippen LogP) is 4.11. The summed E-state index contributed by atoms with van der Waals surface area (Å²) in [6.45, 7) is 0. The lowest BCUT2D eigenvalue weighted by Gasteiger charge is -2.11. The Morgan fingerprint density at radius 1 is 1.00 bits per heavy atom. The van der Waals surface area contributed by atoms with E-state index < -0.39 is 0 Å². The van der Waals surface area contributed by atoms with Crippen LogP contribution in [0.4, 0.5) is 5.69 Å². The van der Waals surface area contributed by atoms with Gasteiger partial charge < -0.3 is 15.2 Å². The average Bonchev–Trinajstić information content (AvgIpc) is 3.04. The van der Waals surface area contributed by atoms with Gasteiger partial charge in [0, 0.05) is 22.8 Å². The molecule has 4 heteroatoms. The summed E-state index contributed by atoms with van der Waals surface area (Å²) >= 11 is 0. The number of aromatic nitrogens is 1. The van der Waals surface area contributed by atoms with Crippen LogP contribution in [0.2, 0.25) is 0 Å². The van der Waals surface area contributed by atoms with E-state index in [1.807, 2.05) is 42.5 Å². The normalized spacial score (nSPS) is 13.1. The minimum Gasteiger partial charge on any atom is -0.497 e. The van der Waals surface area contributed by atoms with Crippen LogP contribution in [0.15, 0.2) is 42.5 Å². The van der Waals surface area contributed by atoms with Crippen molar-refractivity contribution < 1.29 is 9.47 Å². The van der Waals surface area contributed by atoms with E-state index >= 15 is 0 Å². The first-order valence-corrected chi connectivity index (χ1v) is 7.77. The number of anilines is 1. The molecule has 2 aromatic carbocycles. The number of fused-ring (bicyclic) bond motifs is 2. The fraction of sp³-hybridized carbons (Fsp3) is 0.211. The molecule has 0 spiro atoms. The lowest BCUT2D eigenvalue weighted by atomic mass is 10.1. The maximum Gasteiger partial charge on any atom is 0.131 e. The molecule has 1 aromatic heterocycles. The zero-order valence-electron chi connectivity index (χ0n) is 13.0. The van der Waals surface area contributed by atoms with E-state index in [2.05, 4.69) is 0 Å². The molecule has 0 fully saturated rings.